The monoisotopic (exact) mass is 340 g/mol. The Labute approximate surface area is 147 Å². The minimum absolute atomic E-state index is 0.141. The molecule has 0 saturated heterocycles. The van der Waals surface area contributed by atoms with Crippen LogP contribution in [0.25, 0.3) is 22.4 Å². The van der Waals surface area contributed by atoms with Gasteiger partial charge in [-0.2, -0.15) is 0 Å². The van der Waals surface area contributed by atoms with Crippen LogP contribution in [0.3, 0.4) is 0 Å². The second-order valence-electron chi connectivity index (χ2n) is 6.37. The van der Waals surface area contributed by atoms with Gasteiger partial charge < -0.3 is 19.1 Å². The van der Waals surface area contributed by atoms with E-state index in [2.05, 4.69) is 42.7 Å². The molecular formula is C20H24N2O3. The molecule has 0 bridgehead atoms. The van der Waals surface area contributed by atoms with Crippen LogP contribution in [0.1, 0.15) is 25.3 Å². The summed E-state index contributed by atoms with van der Waals surface area (Å²) in [6.07, 6.45) is 0. The number of aromatic nitrogens is 2. The first-order chi connectivity index (χ1) is 12.0. The molecule has 2 aromatic carbocycles. The number of ether oxygens (including phenoxy) is 2. The Kier molecular flexibility index (Phi) is 4.95. The third-order valence-corrected chi connectivity index (χ3v) is 4.37. The molecule has 0 aliphatic heterocycles. The van der Waals surface area contributed by atoms with Crippen molar-refractivity contribution in [1.29, 1.82) is 0 Å². The van der Waals surface area contributed by atoms with E-state index in [9.17, 15) is 5.11 Å². The van der Waals surface area contributed by atoms with E-state index in [1.54, 1.807) is 26.4 Å². The zero-order valence-corrected chi connectivity index (χ0v) is 15.1. The topological polar surface area (TPSA) is 56.5 Å². The van der Waals surface area contributed by atoms with Crippen molar-refractivity contribution in [2.75, 3.05) is 20.8 Å². The van der Waals surface area contributed by atoms with Crippen molar-refractivity contribution < 1.29 is 14.6 Å². The minimum Gasteiger partial charge on any atom is -0.508 e. The van der Waals surface area contributed by atoms with Crippen LogP contribution < -0.4 is 4.74 Å². The minimum atomic E-state index is 0.141. The summed E-state index contributed by atoms with van der Waals surface area (Å²) in [5, 5.41) is 9.93. The summed E-state index contributed by atoms with van der Waals surface area (Å²) in [5.74, 6) is 2.07. The molecule has 0 unspecified atom stereocenters. The lowest BCUT2D eigenvalue weighted by Crippen LogP contribution is -2.06. The number of hydrogen-bond acceptors (Lipinski definition) is 4. The first-order valence-corrected chi connectivity index (χ1v) is 8.41. The molecule has 0 aliphatic rings. The number of phenols is 1. The summed E-state index contributed by atoms with van der Waals surface area (Å²) in [7, 11) is 3.28. The van der Waals surface area contributed by atoms with Gasteiger partial charge in [-0.05, 0) is 11.5 Å². The molecule has 132 valence electrons. The van der Waals surface area contributed by atoms with Crippen molar-refractivity contribution in [1.82, 2.24) is 9.55 Å². The largest absolute Gasteiger partial charge is 0.508 e. The molecule has 1 heterocycles. The summed E-state index contributed by atoms with van der Waals surface area (Å²) in [4.78, 5) is 4.75. The molecule has 0 amide bonds. The molecule has 0 radical (unpaired) electrons. The van der Waals surface area contributed by atoms with Gasteiger partial charge in [0.1, 0.15) is 22.8 Å². The SMILES string of the molecule is COCCn1c(-c2ccc(C(C)C)cc2)nc2cc(O)cc(OC)c21. The number of methoxy groups -OCH3 is 2. The van der Waals surface area contributed by atoms with Crippen LogP contribution >= 0.6 is 0 Å². The van der Waals surface area contributed by atoms with E-state index < -0.39 is 0 Å². The second-order valence-corrected chi connectivity index (χ2v) is 6.37. The fraction of sp³-hybridized carbons (Fsp3) is 0.350. The number of rotatable bonds is 6. The number of imidazole rings is 1. The molecule has 0 atom stereocenters. The van der Waals surface area contributed by atoms with Gasteiger partial charge in [-0.3, -0.25) is 0 Å². The lowest BCUT2D eigenvalue weighted by Gasteiger charge is -2.12. The Hall–Kier alpha value is -2.53. The molecule has 3 aromatic rings. The van der Waals surface area contributed by atoms with Gasteiger partial charge in [0.15, 0.2) is 0 Å². The highest BCUT2D eigenvalue weighted by molar-refractivity contribution is 5.87. The normalized spacial score (nSPS) is 11.4. The number of nitrogens with zero attached hydrogens (tertiary/aromatic N) is 2. The van der Waals surface area contributed by atoms with Crippen molar-refractivity contribution in [3.05, 3.63) is 42.0 Å². The van der Waals surface area contributed by atoms with Crippen LogP contribution in [-0.2, 0) is 11.3 Å². The van der Waals surface area contributed by atoms with E-state index >= 15 is 0 Å². The van der Waals surface area contributed by atoms with Gasteiger partial charge in [0.05, 0.1) is 19.2 Å². The van der Waals surface area contributed by atoms with Crippen LogP contribution in [0.4, 0.5) is 0 Å². The maximum atomic E-state index is 9.93. The van der Waals surface area contributed by atoms with Gasteiger partial charge in [0, 0.05) is 31.4 Å². The van der Waals surface area contributed by atoms with Crippen molar-refractivity contribution in [3.63, 3.8) is 0 Å². The summed E-state index contributed by atoms with van der Waals surface area (Å²) in [5.41, 5.74) is 3.88. The lowest BCUT2D eigenvalue weighted by molar-refractivity contribution is 0.188. The highest BCUT2D eigenvalue weighted by Crippen LogP contribution is 2.34. The van der Waals surface area contributed by atoms with E-state index in [0.717, 1.165) is 16.9 Å². The molecule has 5 heteroatoms. The molecule has 0 fully saturated rings. The number of benzene rings is 2. The number of aromatic hydroxyl groups is 1. The van der Waals surface area contributed by atoms with Gasteiger partial charge >= 0.3 is 0 Å². The maximum Gasteiger partial charge on any atom is 0.148 e. The van der Waals surface area contributed by atoms with E-state index in [1.807, 2.05) is 0 Å². The Balaban J connectivity index is 2.19. The van der Waals surface area contributed by atoms with E-state index in [0.29, 0.717) is 30.3 Å². The fourth-order valence-electron chi connectivity index (χ4n) is 3.01. The predicted octanol–water partition coefficient (Wildman–Crippen LogP) is 4.19. The first-order valence-electron chi connectivity index (χ1n) is 8.41. The summed E-state index contributed by atoms with van der Waals surface area (Å²) in [6.45, 7) is 5.56. The molecule has 0 aliphatic carbocycles. The molecule has 25 heavy (non-hydrogen) atoms. The average Bonchev–Trinajstić information content (AvgIpc) is 2.97. The number of phenolic OH excluding ortho intramolecular Hbond substituents is 1. The zero-order valence-electron chi connectivity index (χ0n) is 15.1. The Morgan fingerprint density at radius 3 is 2.44 bits per heavy atom. The third kappa shape index (κ3) is 3.33. The molecule has 3 rings (SSSR count). The van der Waals surface area contributed by atoms with Gasteiger partial charge in [-0.15, -0.1) is 0 Å². The maximum absolute atomic E-state index is 9.93. The average molecular weight is 340 g/mol. The molecule has 1 N–H and O–H groups in total. The first kappa shape index (κ1) is 17.3. The Morgan fingerprint density at radius 1 is 1.12 bits per heavy atom. The molecule has 0 saturated carbocycles. The smallest absolute Gasteiger partial charge is 0.148 e. The van der Waals surface area contributed by atoms with Gasteiger partial charge in [-0.25, -0.2) is 4.98 Å². The summed E-state index contributed by atoms with van der Waals surface area (Å²) < 4.78 is 12.8. The van der Waals surface area contributed by atoms with E-state index in [4.69, 9.17) is 14.5 Å². The van der Waals surface area contributed by atoms with E-state index in [1.165, 1.54) is 5.56 Å². The highest BCUT2D eigenvalue weighted by atomic mass is 16.5. The zero-order chi connectivity index (χ0) is 18.0. The third-order valence-electron chi connectivity index (χ3n) is 4.37. The van der Waals surface area contributed by atoms with Gasteiger partial charge in [-0.1, -0.05) is 38.1 Å². The van der Waals surface area contributed by atoms with Crippen molar-refractivity contribution in [2.45, 2.75) is 26.3 Å². The van der Waals surface area contributed by atoms with E-state index in [-0.39, 0.29) is 5.75 Å². The Bertz CT molecular complexity index is 867. The Morgan fingerprint density at radius 2 is 1.84 bits per heavy atom. The van der Waals surface area contributed by atoms with Gasteiger partial charge in [0.2, 0.25) is 0 Å². The molecule has 0 spiro atoms. The standard InChI is InChI=1S/C20H24N2O3/c1-13(2)14-5-7-15(8-6-14)20-21-17-11-16(23)12-18(25-4)19(17)22(20)9-10-24-3/h5-8,11-13,23H,9-10H2,1-4H3. The second kappa shape index (κ2) is 7.15. The van der Waals surface area contributed by atoms with Crippen LogP contribution in [0.5, 0.6) is 11.5 Å². The van der Waals surface area contributed by atoms with Crippen molar-refractivity contribution >= 4 is 11.0 Å². The van der Waals surface area contributed by atoms with Crippen LogP contribution in [-0.4, -0.2) is 35.5 Å². The number of fused-ring (bicyclic) bond motifs is 1. The van der Waals surface area contributed by atoms with Crippen molar-refractivity contribution in [3.8, 4) is 22.9 Å². The molecule has 5 nitrogen and oxygen atoms in total. The van der Waals surface area contributed by atoms with Crippen molar-refractivity contribution in [2.24, 2.45) is 0 Å². The highest BCUT2D eigenvalue weighted by Gasteiger charge is 2.17. The fourth-order valence-corrected chi connectivity index (χ4v) is 3.01. The lowest BCUT2D eigenvalue weighted by atomic mass is 10.0. The quantitative estimate of drug-likeness (QED) is 0.731. The van der Waals surface area contributed by atoms with Crippen LogP contribution in [0, 0.1) is 0 Å². The summed E-state index contributed by atoms with van der Waals surface area (Å²) in [6, 6.07) is 11.7. The predicted molar refractivity (Wildman–Crippen MR) is 99.4 cm³/mol. The van der Waals surface area contributed by atoms with Crippen LogP contribution in [0.2, 0.25) is 0 Å². The number of hydrogen-bond donors (Lipinski definition) is 1. The van der Waals surface area contributed by atoms with Gasteiger partial charge in [0.25, 0.3) is 0 Å². The molecule has 1 aromatic heterocycles. The van der Waals surface area contributed by atoms with Crippen LogP contribution in [0.15, 0.2) is 36.4 Å². The summed E-state index contributed by atoms with van der Waals surface area (Å²) >= 11 is 0. The molecular weight excluding hydrogens is 316 g/mol.